The molecule has 27 heavy (non-hydrogen) atoms. The number of fused-ring (bicyclic) bond motifs is 1. The van der Waals surface area contributed by atoms with Crippen molar-refractivity contribution in [2.75, 3.05) is 14.2 Å². The molecular formula is C22H24O5. The molecule has 2 aromatic carbocycles. The van der Waals surface area contributed by atoms with E-state index < -0.39 is 11.5 Å². The van der Waals surface area contributed by atoms with Crippen molar-refractivity contribution in [3.05, 3.63) is 53.1 Å². The molecule has 0 saturated heterocycles. The number of hydrogen-bond donors (Lipinski definition) is 1. The molecule has 1 heterocycles. The molecule has 1 aliphatic heterocycles. The smallest absolute Gasteiger partial charge is 0.173 e. The Morgan fingerprint density at radius 3 is 2.52 bits per heavy atom. The third-order valence-electron chi connectivity index (χ3n) is 4.75. The van der Waals surface area contributed by atoms with Crippen molar-refractivity contribution in [2.45, 2.75) is 32.3 Å². The molecule has 5 nitrogen and oxygen atoms in total. The highest BCUT2D eigenvalue weighted by Crippen LogP contribution is 2.40. The van der Waals surface area contributed by atoms with Gasteiger partial charge in [0.05, 0.1) is 25.3 Å². The van der Waals surface area contributed by atoms with Crippen molar-refractivity contribution in [1.29, 1.82) is 0 Å². The van der Waals surface area contributed by atoms with Crippen molar-refractivity contribution in [3.63, 3.8) is 0 Å². The van der Waals surface area contributed by atoms with E-state index in [4.69, 9.17) is 14.2 Å². The van der Waals surface area contributed by atoms with E-state index in [0.717, 1.165) is 5.56 Å². The summed E-state index contributed by atoms with van der Waals surface area (Å²) in [5, 5.41) is 10.0. The fourth-order valence-corrected chi connectivity index (χ4v) is 3.20. The number of ketones is 1. The van der Waals surface area contributed by atoms with Gasteiger partial charge in [-0.3, -0.25) is 4.79 Å². The van der Waals surface area contributed by atoms with Gasteiger partial charge >= 0.3 is 0 Å². The number of methoxy groups -OCH3 is 2. The number of carbonyl (C=O) groups excluding carboxylic acids is 1. The van der Waals surface area contributed by atoms with Crippen molar-refractivity contribution in [2.24, 2.45) is 0 Å². The molecule has 1 N–H and O–H groups in total. The molecule has 0 aromatic heterocycles. The predicted octanol–water partition coefficient (Wildman–Crippen LogP) is 4.58. The number of phenols is 1. The first-order valence-electron chi connectivity index (χ1n) is 8.77. The maximum Gasteiger partial charge on any atom is 0.173 e. The third-order valence-corrected chi connectivity index (χ3v) is 4.75. The Kier molecular flexibility index (Phi) is 4.87. The molecule has 1 atom stereocenters. The van der Waals surface area contributed by atoms with E-state index >= 15 is 0 Å². The summed E-state index contributed by atoms with van der Waals surface area (Å²) in [6.45, 7) is 5.74. The molecule has 0 amide bonds. The molecule has 2 aromatic rings. The molecule has 3 rings (SSSR count). The summed E-state index contributed by atoms with van der Waals surface area (Å²) in [7, 11) is 3.03. The molecule has 0 saturated carbocycles. The number of rotatable bonds is 5. The van der Waals surface area contributed by atoms with E-state index in [1.54, 1.807) is 44.4 Å². The quantitative estimate of drug-likeness (QED) is 0.783. The molecule has 5 heteroatoms. The topological polar surface area (TPSA) is 65.0 Å². The van der Waals surface area contributed by atoms with E-state index in [1.807, 2.05) is 26.0 Å². The lowest BCUT2D eigenvalue weighted by Gasteiger charge is -2.29. The van der Waals surface area contributed by atoms with Gasteiger partial charge < -0.3 is 19.3 Å². The van der Waals surface area contributed by atoms with Crippen molar-refractivity contribution >= 4 is 11.9 Å². The van der Waals surface area contributed by atoms with Crippen LogP contribution in [0, 0.1) is 0 Å². The monoisotopic (exact) mass is 368 g/mol. The Morgan fingerprint density at radius 1 is 1.15 bits per heavy atom. The van der Waals surface area contributed by atoms with Gasteiger partial charge in [-0.05, 0) is 55.8 Å². The second-order valence-corrected chi connectivity index (χ2v) is 7.11. The highest BCUT2D eigenvalue weighted by molar-refractivity contribution is 6.04. The maximum atomic E-state index is 13.1. The van der Waals surface area contributed by atoms with Crippen LogP contribution in [0.1, 0.15) is 48.2 Å². The molecule has 0 radical (unpaired) electrons. The van der Waals surface area contributed by atoms with E-state index in [2.05, 4.69) is 0 Å². The van der Waals surface area contributed by atoms with Crippen LogP contribution in [-0.4, -0.2) is 30.7 Å². The Balaban J connectivity index is 1.99. The van der Waals surface area contributed by atoms with Crippen LogP contribution in [0.5, 0.6) is 23.0 Å². The van der Waals surface area contributed by atoms with Crippen LogP contribution >= 0.6 is 0 Å². The van der Waals surface area contributed by atoms with E-state index in [1.165, 1.54) is 7.11 Å². The van der Waals surface area contributed by atoms with Crippen LogP contribution in [0.25, 0.3) is 6.08 Å². The highest BCUT2D eigenvalue weighted by atomic mass is 16.5. The van der Waals surface area contributed by atoms with Gasteiger partial charge in [-0.25, -0.2) is 0 Å². The minimum atomic E-state index is -0.460. The van der Waals surface area contributed by atoms with Crippen LogP contribution in [0.4, 0.5) is 0 Å². The summed E-state index contributed by atoms with van der Waals surface area (Å²) in [6.07, 6.45) is 3.87. The van der Waals surface area contributed by atoms with Gasteiger partial charge in [0.2, 0.25) is 0 Å². The van der Waals surface area contributed by atoms with Crippen LogP contribution in [-0.2, 0) is 0 Å². The van der Waals surface area contributed by atoms with Gasteiger partial charge in [-0.1, -0.05) is 13.0 Å². The fraction of sp³-hybridized carbons (Fsp3) is 0.318. The minimum Gasteiger partial charge on any atom is -0.504 e. The number of Topliss-reactive ketones (excluding diaryl/α,β-unsaturated/α-hetero) is 1. The fourth-order valence-electron chi connectivity index (χ4n) is 3.20. The van der Waals surface area contributed by atoms with E-state index in [0.29, 0.717) is 28.4 Å². The van der Waals surface area contributed by atoms with E-state index in [9.17, 15) is 9.90 Å². The minimum absolute atomic E-state index is 0.00520. The average Bonchev–Trinajstić information content (AvgIpc) is 2.64. The SMILES string of the molecule is COc1ccc(C(C)C(=O)c2ccc3c(c2OC)C=CC(C)(C)O3)cc1O. The van der Waals surface area contributed by atoms with E-state index in [-0.39, 0.29) is 11.5 Å². The zero-order valence-corrected chi connectivity index (χ0v) is 16.2. The number of carbonyl (C=O) groups is 1. The van der Waals surface area contributed by atoms with Crippen molar-refractivity contribution in [1.82, 2.24) is 0 Å². The summed E-state index contributed by atoms with van der Waals surface area (Å²) in [5.41, 5.74) is 1.53. The second-order valence-electron chi connectivity index (χ2n) is 7.11. The average molecular weight is 368 g/mol. The third kappa shape index (κ3) is 3.50. The zero-order valence-electron chi connectivity index (χ0n) is 16.2. The van der Waals surface area contributed by atoms with Crippen molar-refractivity contribution < 1.29 is 24.1 Å². The molecule has 0 bridgehead atoms. The summed E-state index contributed by atoms with van der Waals surface area (Å²) >= 11 is 0. The normalized spacial score (nSPS) is 15.4. The van der Waals surface area contributed by atoms with Gasteiger partial charge in [0, 0.05) is 5.92 Å². The summed E-state index contributed by atoms with van der Waals surface area (Å²) in [6, 6.07) is 8.51. The highest BCUT2D eigenvalue weighted by Gasteiger charge is 2.28. The standard InChI is InChI=1S/C22H24O5/c1-13(14-6-8-19(25-4)17(23)12-14)20(24)16-7-9-18-15(21(16)26-5)10-11-22(2,3)27-18/h6-13,23H,1-5H3. The molecule has 0 aliphatic carbocycles. The Hall–Kier alpha value is -2.95. The maximum absolute atomic E-state index is 13.1. The Morgan fingerprint density at radius 2 is 1.89 bits per heavy atom. The van der Waals surface area contributed by atoms with Gasteiger partial charge in [0.15, 0.2) is 17.3 Å². The molecule has 1 unspecified atom stereocenters. The van der Waals surface area contributed by atoms with Crippen molar-refractivity contribution in [3.8, 4) is 23.0 Å². The summed E-state index contributed by atoms with van der Waals surface area (Å²) < 4.78 is 16.6. The van der Waals surface area contributed by atoms with Gasteiger partial charge in [-0.15, -0.1) is 0 Å². The lowest BCUT2D eigenvalue weighted by molar-refractivity contribution is 0.0962. The molecule has 0 fully saturated rings. The number of hydrogen-bond acceptors (Lipinski definition) is 5. The first kappa shape index (κ1) is 18.8. The number of aromatic hydroxyl groups is 1. The lowest BCUT2D eigenvalue weighted by atomic mass is 9.89. The van der Waals surface area contributed by atoms with Crippen LogP contribution in [0.2, 0.25) is 0 Å². The number of benzene rings is 2. The van der Waals surface area contributed by atoms with Gasteiger partial charge in [-0.2, -0.15) is 0 Å². The lowest BCUT2D eigenvalue weighted by Crippen LogP contribution is -2.27. The summed E-state index contributed by atoms with van der Waals surface area (Å²) in [5.74, 6) is 0.996. The van der Waals surface area contributed by atoms with Crippen LogP contribution < -0.4 is 14.2 Å². The van der Waals surface area contributed by atoms with Gasteiger partial charge in [0.25, 0.3) is 0 Å². The number of phenolic OH excluding ortho intramolecular Hbond substituents is 1. The summed E-state index contributed by atoms with van der Waals surface area (Å²) in [4.78, 5) is 13.1. The van der Waals surface area contributed by atoms with Crippen LogP contribution in [0.3, 0.4) is 0 Å². The Bertz CT molecular complexity index is 911. The second kappa shape index (κ2) is 6.99. The molecule has 0 spiro atoms. The van der Waals surface area contributed by atoms with Gasteiger partial charge in [0.1, 0.15) is 17.1 Å². The first-order chi connectivity index (χ1) is 12.8. The molecule has 142 valence electrons. The Labute approximate surface area is 159 Å². The first-order valence-corrected chi connectivity index (χ1v) is 8.77. The molecule has 1 aliphatic rings. The number of ether oxygens (including phenoxy) is 3. The largest absolute Gasteiger partial charge is 0.504 e. The van der Waals surface area contributed by atoms with Crippen LogP contribution in [0.15, 0.2) is 36.4 Å². The zero-order chi connectivity index (χ0) is 19.8. The molecular weight excluding hydrogens is 344 g/mol. The predicted molar refractivity (Wildman–Crippen MR) is 104 cm³/mol.